The molecule has 3 aliphatic rings. The molecule has 1 aromatic rings. The summed E-state index contributed by atoms with van der Waals surface area (Å²) in [4.78, 5) is 0. The molecule has 0 nitrogen and oxygen atoms in total. The minimum atomic E-state index is -0.459. The molecule has 0 N–H and O–H groups in total. The van der Waals surface area contributed by atoms with Gasteiger partial charge in [0.05, 0.1) is 0 Å². The first kappa shape index (κ1) is 16.7. The van der Waals surface area contributed by atoms with E-state index in [2.05, 4.69) is 49.2 Å². The molecule has 0 bridgehead atoms. The maximum Gasteiger partial charge on any atom is -1.00 e. The van der Waals surface area contributed by atoms with E-state index in [0.717, 1.165) is 3.63 Å². The zero-order valence-electron chi connectivity index (χ0n) is 11.2. The molecule has 2 aliphatic carbocycles. The summed E-state index contributed by atoms with van der Waals surface area (Å²) in [5.41, 5.74) is 4.78. The molecule has 0 amide bonds. The minimum Gasteiger partial charge on any atom is -1.00 e. The van der Waals surface area contributed by atoms with Crippen LogP contribution < -0.4 is 24.8 Å². The van der Waals surface area contributed by atoms with Crippen molar-refractivity contribution in [3.63, 3.8) is 0 Å². The fourth-order valence-corrected chi connectivity index (χ4v) is 10.5. The van der Waals surface area contributed by atoms with Gasteiger partial charge < -0.3 is 24.8 Å². The Kier molecular flexibility index (Phi) is 5.53. The van der Waals surface area contributed by atoms with E-state index in [4.69, 9.17) is 0 Å². The third-order valence-corrected chi connectivity index (χ3v) is 10.7. The first-order valence-electron chi connectivity index (χ1n) is 6.50. The summed E-state index contributed by atoms with van der Waals surface area (Å²) in [5, 5.41) is 1.84. The molecule has 0 spiro atoms. The van der Waals surface area contributed by atoms with Gasteiger partial charge in [-0.05, 0) is 0 Å². The average molecular weight is 400 g/mol. The van der Waals surface area contributed by atoms with Gasteiger partial charge in [-0.15, -0.1) is 0 Å². The Bertz CT molecular complexity index is 619. The van der Waals surface area contributed by atoms with Gasteiger partial charge in [0, 0.05) is 0 Å². The van der Waals surface area contributed by atoms with Crippen molar-refractivity contribution < 1.29 is 48.0 Å². The summed E-state index contributed by atoms with van der Waals surface area (Å²) in [5.74, 6) is 0. The number of fused-ring (bicyclic) bond motifs is 2. The summed E-state index contributed by atoms with van der Waals surface area (Å²) in [6.07, 6.45) is 10.0. The van der Waals surface area contributed by atoms with Gasteiger partial charge in [-0.3, -0.25) is 0 Å². The summed E-state index contributed by atoms with van der Waals surface area (Å²) in [6.45, 7) is 2.46. The zero-order chi connectivity index (χ0) is 12.1. The van der Waals surface area contributed by atoms with Crippen LogP contribution in [0.3, 0.4) is 0 Å². The molecule has 2 atom stereocenters. The molecule has 0 saturated carbocycles. The first-order chi connectivity index (χ1) is 8.83. The van der Waals surface area contributed by atoms with E-state index in [0.29, 0.717) is 0 Å². The van der Waals surface area contributed by atoms with Crippen molar-refractivity contribution in [2.75, 3.05) is 12.8 Å². The summed E-state index contributed by atoms with van der Waals surface area (Å²) >= 11 is -0.459. The Hall–Kier alpha value is 0.333. The van der Waals surface area contributed by atoms with Crippen molar-refractivity contribution >= 4 is 14.0 Å². The number of hydrogen-bond donors (Lipinski definition) is 0. The van der Waals surface area contributed by atoms with Crippen molar-refractivity contribution in [2.24, 2.45) is 0 Å². The van der Waals surface area contributed by atoms with Crippen molar-refractivity contribution in [1.82, 2.24) is 0 Å². The topological polar surface area (TPSA) is 0 Å². The van der Waals surface area contributed by atoms with E-state index in [9.17, 15) is 0 Å². The van der Waals surface area contributed by atoms with Gasteiger partial charge in [0.2, 0.25) is 0 Å². The predicted octanol–water partition coefficient (Wildman–Crippen LogP) is -1.49. The summed E-state index contributed by atoms with van der Waals surface area (Å²) in [6, 6.07) is 8.96. The fourth-order valence-electron chi connectivity index (χ4n) is 3.16. The van der Waals surface area contributed by atoms with Gasteiger partial charge >= 0.3 is 122 Å². The monoisotopic (exact) mass is 398 g/mol. The second kappa shape index (κ2) is 6.62. The third kappa shape index (κ3) is 2.68. The SMILES string of the molecule is CP1CC2=CC[C]([Zr+2][CH]3C=Cc4ccccc43)=C21.[Cl-].[Cl-]. The van der Waals surface area contributed by atoms with Crippen molar-refractivity contribution in [1.29, 1.82) is 0 Å². The van der Waals surface area contributed by atoms with Gasteiger partial charge in [0.1, 0.15) is 0 Å². The van der Waals surface area contributed by atoms with Crippen LogP contribution in [-0.4, -0.2) is 12.8 Å². The largest absolute Gasteiger partial charge is 1.00 e. The van der Waals surface area contributed by atoms with Crippen LogP contribution >= 0.6 is 7.92 Å². The number of hydrogen-bond acceptors (Lipinski definition) is 0. The van der Waals surface area contributed by atoms with Crippen molar-refractivity contribution in [3.05, 3.63) is 61.7 Å². The molecule has 2 unspecified atom stereocenters. The van der Waals surface area contributed by atoms with Gasteiger partial charge in [0.25, 0.3) is 0 Å². The molecule has 20 heavy (non-hydrogen) atoms. The van der Waals surface area contributed by atoms with Gasteiger partial charge in [0.15, 0.2) is 0 Å². The Morgan fingerprint density at radius 1 is 1.20 bits per heavy atom. The van der Waals surface area contributed by atoms with Crippen LogP contribution in [0.25, 0.3) is 6.08 Å². The van der Waals surface area contributed by atoms with Crippen LogP contribution in [0, 0.1) is 0 Å². The van der Waals surface area contributed by atoms with Crippen LogP contribution in [0.15, 0.2) is 50.6 Å². The molecular weight excluding hydrogens is 385 g/mol. The molecule has 4 rings (SSSR count). The fraction of sp³-hybridized carbons (Fsp3) is 0.250. The zero-order valence-corrected chi connectivity index (χ0v) is 16.1. The van der Waals surface area contributed by atoms with E-state index in [1.54, 1.807) is 11.1 Å². The Morgan fingerprint density at radius 3 is 2.80 bits per heavy atom. The van der Waals surface area contributed by atoms with Crippen molar-refractivity contribution in [2.45, 2.75) is 10.0 Å². The molecule has 1 heterocycles. The quantitative estimate of drug-likeness (QED) is 0.531. The van der Waals surface area contributed by atoms with Crippen LogP contribution in [0.5, 0.6) is 0 Å². The van der Waals surface area contributed by atoms with Crippen LogP contribution in [-0.2, 0) is 23.2 Å². The number of halogens is 2. The van der Waals surface area contributed by atoms with Crippen LogP contribution in [0.1, 0.15) is 21.2 Å². The second-order valence-electron chi connectivity index (χ2n) is 5.23. The standard InChI is InChI=1S/C9H7.C7H8P.2ClH.Zr/c1-2-5-9-7-3-6-8(9)4-1;1-8-5-6-3-2-4-7(6)8;;;/h1-7H;3H,2,5H2,1H3;2*1H;/q;;;;+2/p-2. The summed E-state index contributed by atoms with van der Waals surface area (Å²) in [7, 11) is 0.245. The number of rotatable bonds is 2. The molecule has 0 aromatic heterocycles. The van der Waals surface area contributed by atoms with Crippen LogP contribution in [0.2, 0.25) is 0 Å². The molecular formula is C16H15Cl2PZr. The molecule has 1 fully saturated rings. The smallest absolute Gasteiger partial charge is 1.00 e. The van der Waals surface area contributed by atoms with Crippen LogP contribution in [0.4, 0.5) is 0 Å². The molecule has 4 heteroatoms. The normalized spacial score (nSPS) is 24.8. The summed E-state index contributed by atoms with van der Waals surface area (Å²) < 4.78 is 2.70. The Balaban J connectivity index is 0.000000735. The van der Waals surface area contributed by atoms with Crippen molar-refractivity contribution in [3.8, 4) is 0 Å². The van der Waals surface area contributed by atoms with Gasteiger partial charge in [-0.1, -0.05) is 0 Å². The maximum absolute atomic E-state index is 2.51. The molecule has 102 valence electrons. The number of benzene rings is 1. The molecule has 0 radical (unpaired) electrons. The average Bonchev–Trinajstić information content (AvgIpc) is 2.91. The number of allylic oxidation sites excluding steroid dienone is 5. The minimum absolute atomic E-state index is 0. The van der Waals surface area contributed by atoms with E-state index < -0.39 is 23.2 Å². The second-order valence-corrected chi connectivity index (χ2v) is 11.1. The van der Waals surface area contributed by atoms with E-state index in [1.807, 2.05) is 8.60 Å². The maximum atomic E-state index is 2.51. The predicted molar refractivity (Wildman–Crippen MR) is 75.7 cm³/mol. The van der Waals surface area contributed by atoms with E-state index in [1.165, 1.54) is 18.1 Å². The molecule has 1 aliphatic heterocycles. The van der Waals surface area contributed by atoms with E-state index >= 15 is 0 Å². The first-order valence-corrected chi connectivity index (χ1v) is 11.1. The Morgan fingerprint density at radius 2 is 2.00 bits per heavy atom. The molecule has 1 aromatic carbocycles. The van der Waals surface area contributed by atoms with Gasteiger partial charge in [-0.2, -0.15) is 0 Å². The van der Waals surface area contributed by atoms with Gasteiger partial charge in [-0.25, -0.2) is 0 Å². The Labute approximate surface area is 145 Å². The third-order valence-electron chi connectivity index (χ3n) is 4.06. The van der Waals surface area contributed by atoms with E-state index in [-0.39, 0.29) is 32.7 Å². The molecule has 1 saturated heterocycles.